The third-order valence-electron chi connectivity index (χ3n) is 4.88. The van der Waals surface area contributed by atoms with Gasteiger partial charge in [0.15, 0.2) is 5.96 Å². The zero-order valence-corrected chi connectivity index (χ0v) is 16.5. The second kappa shape index (κ2) is 10.8. The molecule has 0 aromatic heterocycles. The second-order valence-electron chi connectivity index (χ2n) is 6.88. The van der Waals surface area contributed by atoms with E-state index in [1.807, 2.05) is 7.05 Å². The Bertz CT molecular complexity index is 553. The van der Waals surface area contributed by atoms with Gasteiger partial charge in [0, 0.05) is 38.6 Å². The molecule has 5 nitrogen and oxygen atoms in total. The fraction of sp³-hybridized carbons (Fsp3) is 0.650. The number of benzene rings is 1. The lowest BCUT2D eigenvalue weighted by molar-refractivity contribution is -0.0390. The summed E-state index contributed by atoms with van der Waals surface area (Å²) >= 11 is 2.06. The average molecular weight is 378 g/mol. The Labute approximate surface area is 161 Å². The Morgan fingerprint density at radius 3 is 2.62 bits per heavy atom. The largest absolute Gasteiger partial charge is 0.381 e. The second-order valence-corrected chi connectivity index (χ2v) is 8.29. The molecule has 2 heterocycles. The van der Waals surface area contributed by atoms with E-state index in [1.165, 1.54) is 29.7 Å². The molecule has 3 rings (SSSR count). The molecule has 2 saturated heterocycles. The molecule has 2 N–H and O–H groups in total. The van der Waals surface area contributed by atoms with Gasteiger partial charge < -0.3 is 20.1 Å². The molecule has 0 radical (unpaired) electrons. The van der Waals surface area contributed by atoms with Gasteiger partial charge in [0.25, 0.3) is 0 Å². The molecule has 6 heteroatoms. The molecule has 26 heavy (non-hydrogen) atoms. The van der Waals surface area contributed by atoms with Crippen molar-refractivity contribution in [3.63, 3.8) is 0 Å². The van der Waals surface area contributed by atoms with E-state index in [0.29, 0.717) is 12.7 Å². The first kappa shape index (κ1) is 19.5. The molecule has 144 valence electrons. The number of ether oxygens (including phenoxy) is 2. The van der Waals surface area contributed by atoms with E-state index >= 15 is 0 Å². The number of hydrogen-bond donors (Lipinski definition) is 2. The van der Waals surface area contributed by atoms with Crippen molar-refractivity contribution in [2.24, 2.45) is 4.99 Å². The number of guanidine groups is 1. The summed E-state index contributed by atoms with van der Waals surface area (Å²) in [6.07, 6.45) is 5.01. The molecular formula is C20H31N3O2S. The van der Waals surface area contributed by atoms with E-state index in [4.69, 9.17) is 9.47 Å². The van der Waals surface area contributed by atoms with Crippen molar-refractivity contribution in [3.05, 3.63) is 35.4 Å². The minimum Gasteiger partial charge on any atom is -0.381 e. The van der Waals surface area contributed by atoms with Gasteiger partial charge in [0.2, 0.25) is 0 Å². The highest BCUT2D eigenvalue weighted by molar-refractivity contribution is 8.00. The first-order chi connectivity index (χ1) is 12.8. The van der Waals surface area contributed by atoms with Crippen LogP contribution in [0.25, 0.3) is 0 Å². The van der Waals surface area contributed by atoms with Gasteiger partial charge in [-0.3, -0.25) is 4.99 Å². The lowest BCUT2D eigenvalue weighted by atomic mass is 10.1. The minimum absolute atomic E-state index is 0.345. The van der Waals surface area contributed by atoms with E-state index in [9.17, 15) is 0 Å². The number of nitrogens with one attached hydrogen (secondary N) is 2. The van der Waals surface area contributed by atoms with Crippen molar-refractivity contribution in [1.29, 1.82) is 0 Å². The molecule has 2 aliphatic rings. The number of aliphatic imine (C=N–C) groups is 1. The maximum Gasteiger partial charge on any atom is 0.191 e. The van der Waals surface area contributed by atoms with Crippen molar-refractivity contribution in [2.75, 3.05) is 32.6 Å². The van der Waals surface area contributed by atoms with Crippen LogP contribution in [0.2, 0.25) is 0 Å². The standard InChI is InChI=1S/C20H31N3O2S/c1-21-20(23-14-19-3-2-12-26-19)22-13-16-4-6-17(7-5-16)15-25-18-8-10-24-11-9-18/h4-7,18-19H,2-3,8-15H2,1H3,(H2,21,22,23). The van der Waals surface area contributed by atoms with Crippen LogP contribution in [0.4, 0.5) is 0 Å². The van der Waals surface area contributed by atoms with Gasteiger partial charge in [-0.2, -0.15) is 11.8 Å². The summed E-state index contributed by atoms with van der Waals surface area (Å²) < 4.78 is 11.3. The molecule has 1 unspecified atom stereocenters. The van der Waals surface area contributed by atoms with E-state index in [2.05, 4.69) is 51.7 Å². The van der Waals surface area contributed by atoms with E-state index < -0.39 is 0 Å². The molecule has 0 amide bonds. The molecule has 1 aromatic carbocycles. The van der Waals surface area contributed by atoms with Crippen LogP contribution in [0.1, 0.15) is 36.8 Å². The van der Waals surface area contributed by atoms with Crippen molar-refractivity contribution in [2.45, 2.75) is 50.2 Å². The first-order valence-corrected chi connectivity index (χ1v) is 10.7. The molecule has 2 fully saturated rings. The summed E-state index contributed by atoms with van der Waals surface area (Å²) in [4.78, 5) is 4.32. The average Bonchev–Trinajstić information content (AvgIpc) is 3.22. The zero-order valence-electron chi connectivity index (χ0n) is 15.7. The van der Waals surface area contributed by atoms with E-state index in [0.717, 1.165) is 50.4 Å². The topological polar surface area (TPSA) is 54.9 Å². The van der Waals surface area contributed by atoms with E-state index in [-0.39, 0.29) is 0 Å². The third kappa shape index (κ3) is 6.49. The van der Waals surface area contributed by atoms with Gasteiger partial charge in [-0.05, 0) is 42.6 Å². The summed E-state index contributed by atoms with van der Waals surface area (Å²) in [5.74, 6) is 2.17. The number of hydrogen-bond acceptors (Lipinski definition) is 4. The Morgan fingerprint density at radius 2 is 1.92 bits per heavy atom. The zero-order chi connectivity index (χ0) is 18.0. The van der Waals surface area contributed by atoms with Gasteiger partial charge in [0.05, 0.1) is 12.7 Å². The summed E-state index contributed by atoms with van der Waals surface area (Å²) in [7, 11) is 1.83. The Morgan fingerprint density at radius 1 is 1.15 bits per heavy atom. The fourth-order valence-corrected chi connectivity index (χ4v) is 4.43. The van der Waals surface area contributed by atoms with Gasteiger partial charge >= 0.3 is 0 Å². The smallest absolute Gasteiger partial charge is 0.191 e. The Hall–Kier alpha value is -1.24. The highest BCUT2D eigenvalue weighted by atomic mass is 32.2. The van der Waals surface area contributed by atoms with Gasteiger partial charge in [-0.25, -0.2) is 0 Å². The Kier molecular flexibility index (Phi) is 8.11. The third-order valence-corrected chi connectivity index (χ3v) is 6.28. The van der Waals surface area contributed by atoms with Crippen molar-refractivity contribution in [3.8, 4) is 0 Å². The van der Waals surface area contributed by atoms with Crippen LogP contribution < -0.4 is 10.6 Å². The number of rotatable bonds is 7. The molecule has 0 aliphatic carbocycles. The van der Waals surface area contributed by atoms with Crippen molar-refractivity contribution < 1.29 is 9.47 Å². The highest BCUT2D eigenvalue weighted by Gasteiger charge is 2.16. The fourth-order valence-electron chi connectivity index (χ4n) is 3.23. The predicted molar refractivity (Wildman–Crippen MR) is 109 cm³/mol. The normalized spacial score (nSPS) is 21.7. The maximum atomic E-state index is 5.98. The molecule has 0 spiro atoms. The van der Waals surface area contributed by atoms with Crippen LogP contribution in [0.3, 0.4) is 0 Å². The highest BCUT2D eigenvalue weighted by Crippen LogP contribution is 2.25. The SMILES string of the molecule is CN=C(NCc1ccc(COC2CCOCC2)cc1)NCC1CCCS1. The first-order valence-electron chi connectivity index (χ1n) is 9.67. The molecular weight excluding hydrogens is 346 g/mol. The molecule has 0 bridgehead atoms. The van der Waals surface area contributed by atoms with Crippen LogP contribution >= 0.6 is 11.8 Å². The molecule has 1 atom stereocenters. The summed E-state index contributed by atoms with van der Waals surface area (Å²) in [5, 5.41) is 7.56. The quantitative estimate of drug-likeness (QED) is 0.565. The van der Waals surface area contributed by atoms with Crippen molar-refractivity contribution in [1.82, 2.24) is 10.6 Å². The van der Waals surface area contributed by atoms with Gasteiger partial charge in [-0.1, -0.05) is 24.3 Å². The summed E-state index contributed by atoms with van der Waals surface area (Å²) in [6.45, 7) is 4.10. The maximum absolute atomic E-state index is 5.98. The van der Waals surface area contributed by atoms with Crippen LogP contribution in [-0.2, 0) is 22.6 Å². The van der Waals surface area contributed by atoms with Crippen LogP contribution in [0.5, 0.6) is 0 Å². The van der Waals surface area contributed by atoms with Gasteiger partial charge in [-0.15, -0.1) is 0 Å². The summed E-state index contributed by atoms with van der Waals surface area (Å²) in [5.41, 5.74) is 2.47. The number of nitrogens with zero attached hydrogens (tertiary/aromatic N) is 1. The number of thioether (sulfide) groups is 1. The Balaban J connectivity index is 1.37. The predicted octanol–water partition coefficient (Wildman–Crippen LogP) is 2.94. The van der Waals surface area contributed by atoms with Crippen LogP contribution in [0.15, 0.2) is 29.3 Å². The van der Waals surface area contributed by atoms with Gasteiger partial charge in [0.1, 0.15) is 0 Å². The minimum atomic E-state index is 0.345. The summed E-state index contributed by atoms with van der Waals surface area (Å²) in [6, 6.07) is 8.63. The molecule has 1 aromatic rings. The molecule has 0 saturated carbocycles. The lowest BCUT2D eigenvalue weighted by Crippen LogP contribution is -2.39. The lowest BCUT2D eigenvalue weighted by Gasteiger charge is -2.22. The van der Waals surface area contributed by atoms with E-state index in [1.54, 1.807) is 0 Å². The monoisotopic (exact) mass is 377 g/mol. The van der Waals surface area contributed by atoms with Crippen LogP contribution in [0, 0.1) is 0 Å². The van der Waals surface area contributed by atoms with Crippen molar-refractivity contribution >= 4 is 17.7 Å². The molecule has 2 aliphatic heterocycles. The van der Waals surface area contributed by atoms with Crippen LogP contribution in [-0.4, -0.2) is 49.9 Å².